The standard InChI is InChI=1S/C13H23NS/c1-5-10(2)9-11(3)14-12(4)13-7-6-8-15-13/h6-8,10-12,14H,5,9H2,1-4H3. The van der Waals surface area contributed by atoms with Crippen LogP contribution in [0.3, 0.4) is 0 Å². The third kappa shape index (κ3) is 4.35. The number of rotatable bonds is 6. The summed E-state index contributed by atoms with van der Waals surface area (Å²) in [5.74, 6) is 0.822. The minimum absolute atomic E-state index is 0.490. The molecule has 0 amide bonds. The second kappa shape index (κ2) is 6.29. The van der Waals surface area contributed by atoms with Gasteiger partial charge >= 0.3 is 0 Å². The van der Waals surface area contributed by atoms with Crippen molar-refractivity contribution in [3.05, 3.63) is 22.4 Å². The van der Waals surface area contributed by atoms with E-state index in [-0.39, 0.29) is 0 Å². The van der Waals surface area contributed by atoms with Crippen molar-refractivity contribution >= 4 is 11.3 Å². The van der Waals surface area contributed by atoms with E-state index in [2.05, 4.69) is 50.5 Å². The van der Waals surface area contributed by atoms with E-state index >= 15 is 0 Å². The second-order valence-corrected chi connectivity index (χ2v) is 5.53. The molecule has 0 aromatic carbocycles. The van der Waals surface area contributed by atoms with Crippen molar-refractivity contribution in [3.63, 3.8) is 0 Å². The molecule has 0 aliphatic carbocycles. The monoisotopic (exact) mass is 225 g/mol. The van der Waals surface area contributed by atoms with Gasteiger partial charge in [-0.2, -0.15) is 0 Å². The summed E-state index contributed by atoms with van der Waals surface area (Å²) in [7, 11) is 0. The molecule has 1 aromatic rings. The van der Waals surface area contributed by atoms with E-state index in [0.717, 1.165) is 5.92 Å². The molecular weight excluding hydrogens is 202 g/mol. The molecular formula is C13H23NS. The zero-order chi connectivity index (χ0) is 11.3. The third-order valence-corrected chi connectivity index (χ3v) is 4.01. The fourth-order valence-corrected chi connectivity index (χ4v) is 2.63. The topological polar surface area (TPSA) is 12.0 Å². The zero-order valence-electron chi connectivity index (χ0n) is 10.3. The van der Waals surface area contributed by atoms with Gasteiger partial charge in [0.25, 0.3) is 0 Å². The van der Waals surface area contributed by atoms with Crippen LogP contribution in [-0.4, -0.2) is 6.04 Å². The van der Waals surface area contributed by atoms with Crippen LogP contribution in [0.2, 0.25) is 0 Å². The van der Waals surface area contributed by atoms with Crippen LogP contribution in [0.1, 0.15) is 51.5 Å². The summed E-state index contributed by atoms with van der Waals surface area (Å²) in [5, 5.41) is 5.80. The van der Waals surface area contributed by atoms with Crippen LogP contribution in [-0.2, 0) is 0 Å². The Balaban J connectivity index is 2.34. The van der Waals surface area contributed by atoms with E-state index in [9.17, 15) is 0 Å². The quantitative estimate of drug-likeness (QED) is 0.764. The van der Waals surface area contributed by atoms with E-state index in [0.29, 0.717) is 12.1 Å². The Bertz CT molecular complexity index is 256. The molecule has 0 bridgehead atoms. The molecule has 1 N–H and O–H groups in total. The van der Waals surface area contributed by atoms with E-state index in [1.54, 1.807) is 0 Å². The number of nitrogens with one attached hydrogen (secondary N) is 1. The Labute approximate surface area is 97.9 Å². The van der Waals surface area contributed by atoms with Crippen LogP contribution in [0.25, 0.3) is 0 Å². The number of hydrogen-bond donors (Lipinski definition) is 1. The first kappa shape index (κ1) is 12.7. The average Bonchev–Trinajstić information content (AvgIpc) is 2.70. The van der Waals surface area contributed by atoms with Gasteiger partial charge in [-0.1, -0.05) is 26.3 Å². The van der Waals surface area contributed by atoms with E-state index in [1.807, 2.05) is 11.3 Å². The summed E-state index contributed by atoms with van der Waals surface area (Å²) in [5.41, 5.74) is 0. The summed E-state index contributed by atoms with van der Waals surface area (Å²) in [6.45, 7) is 9.13. The molecule has 0 aliphatic heterocycles. The van der Waals surface area contributed by atoms with Crippen molar-refractivity contribution in [2.75, 3.05) is 0 Å². The molecule has 1 nitrogen and oxygen atoms in total. The molecule has 0 radical (unpaired) electrons. The van der Waals surface area contributed by atoms with Gasteiger partial charge in [0.1, 0.15) is 0 Å². The fraction of sp³-hybridized carbons (Fsp3) is 0.692. The van der Waals surface area contributed by atoms with Crippen LogP contribution in [0, 0.1) is 5.92 Å². The minimum Gasteiger partial charge on any atom is -0.307 e. The van der Waals surface area contributed by atoms with Crippen LogP contribution >= 0.6 is 11.3 Å². The molecule has 1 aromatic heterocycles. The average molecular weight is 225 g/mol. The molecule has 15 heavy (non-hydrogen) atoms. The van der Waals surface area contributed by atoms with Gasteiger partial charge in [0.2, 0.25) is 0 Å². The molecule has 86 valence electrons. The maximum absolute atomic E-state index is 3.66. The van der Waals surface area contributed by atoms with Gasteiger partial charge < -0.3 is 5.32 Å². The van der Waals surface area contributed by atoms with E-state index < -0.39 is 0 Å². The lowest BCUT2D eigenvalue weighted by molar-refractivity contribution is 0.387. The molecule has 3 atom stereocenters. The summed E-state index contributed by atoms with van der Waals surface area (Å²) in [6, 6.07) is 5.43. The highest BCUT2D eigenvalue weighted by molar-refractivity contribution is 7.10. The largest absolute Gasteiger partial charge is 0.307 e. The molecule has 1 heterocycles. The lowest BCUT2D eigenvalue weighted by atomic mass is 10.00. The number of thiophene rings is 1. The highest BCUT2D eigenvalue weighted by Crippen LogP contribution is 2.20. The van der Waals surface area contributed by atoms with Crippen LogP contribution in [0.5, 0.6) is 0 Å². The Morgan fingerprint density at radius 1 is 1.33 bits per heavy atom. The van der Waals surface area contributed by atoms with Crippen molar-refractivity contribution in [1.82, 2.24) is 5.32 Å². The molecule has 0 saturated heterocycles. The van der Waals surface area contributed by atoms with Gasteiger partial charge in [0.05, 0.1) is 0 Å². The predicted octanol–water partition coefficient (Wildman–Crippen LogP) is 4.22. The molecule has 3 unspecified atom stereocenters. The maximum atomic E-state index is 3.66. The molecule has 0 saturated carbocycles. The molecule has 1 rings (SSSR count). The lowest BCUT2D eigenvalue weighted by Gasteiger charge is -2.21. The zero-order valence-corrected chi connectivity index (χ0v) is 11.1. The van der Waals surface area contributed by atoms with Gasteiger partial charge in [-0.15, -0.1) is 11.3 Å². The molecule has 0 aliphatic rings. The summed E-state index contributed by atoms with van der Waals surface area (Å²) in [6.07, 6.45) is 2.55. The van der Waals surface area contributed by atoms with Gasteiger partial charge in [-0.25, -0.2) is 0 Å². The summed E-state index contributed by atoms with van der Waals surface area (Å²) in [4.78, 5) is 1.44. The van der Waals surface area contributed by atoms with Crippen molar-refractivity contribution < 1.29 is 0 Å². The smallest absolute Gasteiger partial charge is 0.0388 e. The predicted molar refractivity (Wildman–Crippen MR) is 69.4 cm³/mol. The Hall–Kier alpha value is -0.340. The van der Waals surface area contributed by atoms with E-state index in [4.69, 9.17) is 0 Å². The first-order valence-corrected chi connectivity index (χ1v) is 6.80. The fourth-order valence-electron chi connectivity index (χ4n) is 1.88. The van der Waals surface area contributed by atoms with Gasteiger partial charge in [0, 0.05) is 17.0 Å². The first-order valence-electron chi connectivity index (χ1n) is 5.93. The molecule has 0 spiro atoms. The molecule has 2 heteroatoms. The third-order valence-electron chi connectivity index (χ3n) is 2.96. The normalized spacial score (nSPS) is 17.3. The number of hydrogen-bond acceptors (Lipinski definition) is 2. The Morgan fingerprint density at radius 3 is 2.60 bits per heavy atom. The highest BCUT2D eigenvalue weighted by Gasteiger charge is 2.11. The van der Waals surface area contributed by atoms with Crippen LogP contribution in [0.4, 0.5) is 0 Å². The van der Waals surface area contributed by atoms with Crippen molar-refractivity contribution in [3.8, 4) is 0 Å². The highest BCUT2D eigenvalue weighted by atomic mass is 32.1. The lowest BCUT2D eigenvalue weighted by Crippen LogP contribution is -2.29. The SMILES string of the molecule is CCC(C)CC(C)NC(C)c1cccs1. The maximum Gasteiger partial charge on any atom is 0.0388 e. The summed E-state index contributed by atoms with van der Waals surface area (Å²) >= 11 is 1.84. The van der Waals surface area contributed by atoms with Crippen LogP contribution < -0.4 is 5.32 Å². The second-order valence-electron chi connectivity index (χ2n) is 4.55. The van der Waals surface area contributed by atoms with Crippen molar-refractivity contribution in [2.24, 2.45) is 5.92 Å². The Kier molecular flexibility index (Phi) is 5.34. The van der Waals surface area contributed by atoms with Crippen molar-refractivity contribution in [1.29, 1.82) is 0 Å². The summed E-state index contributed by atoms with van der Waals surface area (Å²) < 4.78 is 0. The molecule has 0 fully saturated rings. The van der Waals surface area contributed by atoms with Crippen molar-refractivity contribution in [2.45, 2.75) is 52.6 Å². The first-order chi connectivity index (χ1) is 7.13. The van der Waals surface area contributed by atoms with Gasteiger partial charge in [0.15, 0.2) is 0 Å². The minimum atomic E-state index is 0.490. The van der Waals surface area contributed by atoms with Crippen LogP contribution in [0.15, 0.2) is 17.5 Å². The Morgan fingerprint density at radius 2 is 2.07 bits per heavy atom. The van der Waals surface area contributed by atoms with E-state index in [1.165, 1.54) is 17.7 Å². The van der Waals surface area contributed by atoms with Gasteiger partial charge in [-0.3, -0.25) is 0 Å². The van der Waals surface area contributed by atoms with Gasteiger partial charge in [-0.05, 0) is 37.6 Å².